The van der Waals surface area contributed by atoms with Gasteiger partial charge in [0.2, 0.25) is 0 Å². The molecule has 0 spiro atoms. The fraction of sp³-hybridized carbons (Fsp3) is 0.783. The van der Waals surface area contributed by atoms with Gasteiger partial charge in [0.05, 0.1) is 31.8 Å². The van der Waals surface area contributed by atoms with E-state index < -0.39 is 37.8 Å². The molecule has 0 saturated heterocycles. The highest BCUT2D eigenvalue weighted by Gasteiger charge is 2.26. The Hall–Kier alpha value is -1.21. The van der Waals surface area contributed by atoms with E-state index in [0.717, 1.165) is 25.7 Å². The van der Waals surface area contributed by atoms with Gasteiger partial charge in [-0.05, 0) is 38.5 Å². The number of carboxylic acids is 1. The van der Waals surface area contributed by atoms with Gasteiger partial charge in [0.25, 0.3) is 0 Å². The number of aliphatic hydroxyl groups excluding tert-OH is 4. The monoisotopic (exact) mass is 416 g/mol. The van der Waals surface area contributed by atoms with E-state index in [4.69, 9.17) is 25.5 Å². The van der Waals surface area contributed by atoms with Crippen LogP contribution in [0, 0.1) is 5.41 Å². The highest BCUT2D eigenvalue weighted by Crippen LogP contribution is 2.12. The van der Waals surface area contributed by atoms with Crippen LogP contribution >= 0.6 is 0 Å². The van der Waals surface area contributed by atoms with Crippen LogP contribution < -0.4 is 0 Å². The van der Waals surface area contributed by atoms with Crippen molar-refractivity contribution in [2.75, 3.05) is 26.4 Å². The van der Waals surface area contributed by atoms with Crippen LogP contribution in [0.4, 0.5) is 0 Å². The first-order valence-corrected chi connectivity index (χ1v) is 11.0. The van der Waals surface area contributed by atoms with Crippen LogP contribution in [-0.4, -0.2) is 57.9 Å². The summed E-state index contributed by atoms with van der Waals surface area (Å²) >= 11 is 0. The Kier molecular flexibility index (Phi) is 23.9. The summed E-state index contributed by atoms with van der Waals surface area (Å²) in [5, 5.41) is 42.5. The van der Waals surface area contributed by atoms with E-state index in [0.29, 0.717) is 6.42 Å². The fourth-order valence-electron chi connectivity index (χ4n) is 2.39. The van der Waals surface area contributed by atoms with E-state index in [1.807, 2.05) is 0 Å². The average Bonchev–Trinajstić information content (AvgIpc) is 2.73. The highest BCUT2D eigenvalue weighted by molar-refractivity contribution is 5.66. The second-order valence-corrected chi connectivity index (χ2v) is 7.51. The standard InChI is InChI=1S/C18H32O2.C5H12O4/c1-2-3-4-5-6-7-8-9-10-11-12-13-14-15-16-17-18(19)20;6-1-5(2-7,3-8)4-9/h6-7,9-10H,2-5,8,11-17H2,1H3,(H,19,20);6-9H,1-4H2/b7-6-,10-9-;. The molecule has 0 bridgehead atoms. The summed E-state index contributed by atoms with van der Waals surface area (Å²) in [6, 6.07) is 0. The van der Waals surface area contributed by atoms with Crippen molar-refractivity contribution in [1.29, 1.82) is 0 Å². The summed E-state index contributed by atoms with van der Waals surface area (Å²) in [6.45, 7) is 0.610. The minimum absolute atomic E-state index is 0.324. The van der Waals surface area contributed by atoms with E-state index in [1.54, 1.807) is 0 Å². The van der Waals surface area contributed by atoms with Crippen LogP contribution in [-0.2, 0) is 4.79 Å². The number of allylic oxidation sites excluding steroid dienone is 4. The van der Waals surface area contributed by atoms with Gasteiger partial charge in [-0.3, -0.25) is 4.79 Å². The van der Waals surface area contributed by atoms with Gasteiger partial charge in [0.1, 0.15) is 0 Å². The largest absolute Gasteiger partial charge is 0.481 e. The fourth-order valence-corrected chi connectivity index (χ4v) is 2.39. The number of unbranched alkanes of at least 4 members (excludes halogenated alkanes) is 8. The van der Waals surface area contributed by atoms with Gasteiger partial charge in [-0.1, -0.05) is 63.3 Å². The van der Waals surface area contributed by atoms with Crippen LogP contribution in [0.3, 0.4) is 0 Å². The lowest BCUT2D eigenvalue weighted by Crippen LogP contribution is -2.37. The van der Waals surface area contributed by atoms with Crippen LogP contribution in [0.15, 0.2) is 24.3 Å². The summed E-state index contributed by atoms with van der Waals surface area (Å²) in [4.78, 5) is 10.3. The van der Waals surface area contributed by atoms with Crippen molar-refractivity contribution in [1.82, 2.24) is 0 Å². The molecule has 0 unspecified atom stereocenters. The van der Waals surface area contributed by atoms with Gasteiger partial charge < -0.3 is 25.5 Å². The van der Waals surface area contributed by atoms with Crippen molar-refractivity contribution in [2.45, 2.75) is 84.0 Å². The zero-order chi connectivity index (χ0) is 22.2. The van der Waals surface area contributed by atoms with Crippen LogP contribution in [0.25, 0.3) is 0 Å². The maximum atomic E-state index is 10.3. The number of aliphatic carboxylic acids is 1. The summed E-state index contributed by atoms with van der Waals surface area (Å²) in [6.07, 6.45) is 22.3. The quantitative estimate of drug-likeness (QED) is 0.171. The van der Waals surface area contributed by atoms with Crippen molar-refractivity contribution in [3.05, 3.63) is 24.3 Å². The predicted molar refractivity (Wildman–Crippen MR) is 118 cm³/mol. The summed E-state index contributed by atoms with van der Waals surface area (Å²) in [5.41, 5.74) is -1.11. The Labute approximate surface area is 177 Å². The topological polar surface area (TPSA) is 118 Å². The molecule has 0 atom stereocenters. The first-order chi connectivity index (χ1) is 14.0. The first kappa shape index (κ1) is 30.0. The van der Waals surface area contributed by atoms with Gasteiger partial charge in [0, 0.05) is 6.42 Å². The molecule has 0 heterocycles. The minimum atomic E-state index is -1.11. The molecular weight excluding hydrogens is 372 g/mol. The second kappa shape index (κ2) is 23.1. The van der Waals surface area contributed by atoms with Gasteiger partial charge in [-0.15, -0.1) is 0 Å². The van der Waals surface area contributed by atoms with E-state index >= 15 is 0 Å². The second-order valence-electron chi connectivity index (χ2n) is 7.51. The number of rotatable bonds is 18. The molecular formula is C23H44O6. The van der Waals surface area contributed by atoms with E-state index in [-0.39, 0.29) is 0 Å². The molecule has 6 heteroatoms. The summed E-state index contributed by atoms with van der Waals surface area (Å²) < 4.78 is 0. The maximum absolute atomic E-state index is 10.3. The molecule has 0 rings (SSSR count). The number of carbonyl (C=O) groups is 1. The Bertz CT molecular complexity index is 385. The van der Waals surface area contributed by atoms with Gasteiger partial charge in [-0.2, -0.15) is 0 Å². The molecule has 0 aliphatic carbocycles. The van der Waals surface area contributed by atoms with E-state index in [1.165, 1.54) is 44.9 Å². The number of hydrogen-bond donors (Lipinski definition) is 5. The molecule has 0 aliphatic heterocycles. The zero-order valence-corrected chi connectivity index (χ0v) is 18.3. The Balaban J connectivity index is 0. The molecule has 0 aromatic rings. The molecule has 0 aromatic heterocycles. The van der Waals surface area contributed by atoms with Crippen molar-refractivity contribution in [2.24, 2.45) is 5.41 Å². The number of carboxylic acid groups (broad SMARTS) is 1. The highest BCUT2D eigenvalue weighted by atomic mass is 16.4. The van der Waals surface area contributed by atoms with Crippen molar-refractivity contribution in [3.63, 3.8) is 0 Å². The smallest absolute Gasteiger partial charge is 0.303 e. The number of aliphatic hydroxyl groups is 4. The lowest BCUT2D eigenvalue weighted by Gasteiger charge is -2.23. The molecule has 172 valence electrons. The Morgan fingerprint density at radius 3 is 1.55 bits per heavy atom. The molecule has 0 aromatic carbocycles. The van der Waals surface area contributed by atoms with Crippen molar-refractivity contribution >= 4 is 5.97 Å². The van der Waals surface area contributed by atoms with Crippen LogP contribution in [0.2, 0.25) is 0 Å². The lowest BCUT2D eigenvalue weighted by atomic mass is 9.93. The molecule has 0 radical (unpaired) electrons. The van der Waals surface area contributed by atoms with Crippen molar-refractivity contribution < 1.29 is 30.3 Å². The zero-order valence-electron chi connectivity index (χ0n) is 18.3. The molecule has 5 N–H and O–H groups in total. The molecule has 6 nitrogen and oxygen atoms in total. The van der Waals surface area contributed by atoms with Crippen molar-refractivity contribution in [3.8, 4) is 0 Å². The third-order valence-electron chi connectivity index (χ3n) is 4.68. The Morgan fingerprint density at radius 1 is 0.690 bits per heavy atom. The molecule has 0 fully saturated rings. The third kappa shape index (κ3) is 21.3. The van der Waals surface area contributed by atoms with Crippen LogP contribution in [0.1, 0.15) is 84.0 Å². The molecule has 0 amide bonds. The summed E-state index contributed by atoms with van der Waals surface area (Å²) in [7, 11) is 0. The van der Waals surface area contributed by atoms with E-state index in [2.05, 4.69) is 31.2 Å². The SMILES string of the molecule is CCCCC/C=C\C/C=C\CCCCCCCC(=O)O.OCC(CO)(CO)CO. The van der Waals surface area contributed by atoms with Gasteiger partial charge in [-0.25, -0.2) is 0 Å². The third-order valence-corrected chi connectivity index (χ3v) is 4.68. The molecule has 29 heavy (non-hydrogen) atoms. The molecule has 0 aliphatic rings. The average molecular weight is 417 g/mol. The first-order valence-electron chi connectivity index (χ1n) is 11.0. The van der Waals surface area contributed by atoms with Gasteiger partial charge >= 0.3 is 5.97 Å². The lowest BCUT2D eigenvalue weighted by molar-refractivity contribution is -0.137. The van der Waals surface area contributed by atoms with Crippen LogP contribution in [0.5, 0.6) is 0 Å². The number of hydrogen-bond acceptors (Lipinski definition) is 5. The normalized spacial score (nSPS) is 11.8. The Morgan fingerprint density at radius 2 is 1.14 bits per heavy atom. The molecule has 0 saturated carbocycles. The van der Waals surface area contributed by atoms with E-state index in [9.17, 15) is 4.79 Å². The predicted octanol–water partition coefficient (Wildman–Crippen LogP) is 3.83. The minimum Gasteiger partial charge on any atom is -0.481 e. The summed E-state index contributed by atoms with van der Waals surface area (Å²) in [5.74, 6) is -0.671. The maximum Gasteiger partial charge on any atom is 0.303 e. The van der Waals surface area contributed by atoms with Gasteiger partial charge in [0.15, 0.2) is 0 Å².